The normalized spacial score (nSPS) is 17.3. The molecule has 1 N–H and O–H groups in total. The van der Waals surface area contributed by atoms with E-state index in [0.717, 1.165) is 38.2 Å². The van der Waals surface area contributed by atoms with Gasteiger partial charge in [0, 0.05) is 43.5 Å². The predicted octanol–water partition coefficient (Wildman–Crippen LogP) is 4.42. The van der Waals surface area contributed by atoms with Gasteiger partial charge < -0.3 is 15.0 Å². The molecule has 150 valence electrons. The van der Waals surface area contributed by atoms with E-state index in [4.69, 9.17) is 16.3 Å². The second kappa shape index (κ2) is 10.4. The molecule has 1 aromatic heterocycles. The Morgan fingerprint density at radius 1 is 1.36 bits per heavy atom. The summed E-state index contributed by atoms with van der Waals surface area (Å²) in [4.78, 5) is 19.2. The monoisotopic (exact) mass is 401 g/mol. The minimum atomic E-state index is 0.0341. The van der Waals surface area contributed by atoms with Crippen LogP contribution in [0.2, 0.25) is 5.02 Å². The van der Waals surface area contributed by atoms with Gasteiger partial charge in [-0.25, -0.2) is 0 Å². The van der Waals surface area contributed by atoms with Crippen LogP contribution in [-0.4, -0.2) is 42.5 Å². The SMILES string of the molecule is COc1ccc(NC(=O)CCC2CCCN(CCc3ccccn3)C2)cc1Cl. The van der Waals surface area contributed by atoms with Crippen LogP contribution in [0, 0.1) is 5.92 Å². The summed E-state index contributed by atoms with van der Waals surface area (Å²) in [5, 5.41) is 3.43. The molecule has 1 atom stereocenters. The minimum absolute atomic E-state index is 0.0341. The van der Waals surface area contributed by atoms with E-state index in [-0.39, 0.29) is 5.91 Å². The average Bonchev–Trinajstić information content (AvgIpc) is 2.72. The van der Waals surface area contributed by atoms with Crippen molar-refractivity contribution < 1.29 is 9.53 Å². The van der Waals surface area contributed by atoms with E-state index in [1.54, 1.807) is 19.2 Å². The number of aromatic nitrogens is 1. The molecule has 1 saturated heterocycles. The summed E-state index contributed by atoms with van der Waals surface area (Å²) in [5.74, 6) is 1.21. The fraction of sp³-hybridized carbons (Fsp3) is 0.455. The van der Waals surface area contributed by atoms with Crippen LogP contribution in [0.3, 0.4) is 0 Å². The van der Waals surface area contributed by atoms with Gasteiger partial charge in [0.25, 0.3) is 0 Å². The Bertz CT molecular complexity index is 770. The van der Waals surface area contributed by atoms with Crippen molar-refractivity contribution in [2.45, 2.75) is 32.1 Å². The first-order valence-electron chi connectivity index (χ1n) is 9.89. The van der Waals surface area contributed by atoms with Crippen molar-refractivity contribution in [2.24, 2.45) is 5.92 Å². The Hall–Kier alpha value is -2.11. The van der Waals surface area contributed by atoms with Gasteiger partial charge in [-0.2, -0.15) is 0 Å². The third-order valence-corrected chi connectivity index (χ3v) is 5.52. The van der Waals surface area contributed by atoms with Crippen LogP contribution < -0.4 is 10.1 Å². The van der Waals surface area contributed by atoms with E-state index in [9.17, 15) is 4.79 Å². The quantitative estimate of drug-likeness (QED) is 0.711. The van der Waals surface area contributed by atoms with Crippen molar-refractivity contribution in [3.8, 4) is 5.75 Å². The molecule has 0 spiro atoms. The molecule has 0 aliphatic carbocycles. The maximum absolute atomic E-state index is 12.3. The van der Waals surface area contributed by atoms with Crippen molar-refractivity contribution in [3.63, 3.8) is 0 Å². The minimum Gasteiger partial charge on any atom is -0.495 e. The number of pyridine rings is 1. The number of hydrogen-bond donors (Lipinski definition) is 1. The van der Waals surface area contributed by atoms with Gasteiger partial charge in [-0.15, -0.1) is 0 Å². The summed E-state index contributed by atoms with van der Waals surface area (Å²) in [7, 11) is 1.57. The van der Waals surface area contributed by atoms with Crippen LogP contribution >= 0.6 is 11.6 Å². The molecule has 1 amide bonds. The summed E-state index contributed by atoms with van der Waals surface area (Å²) in [6.07, 6.45) is 6.66. The number of likely N-dealkylation sites (tertiary alicyclic amines) is 1. The van der Waals surface area contributed by atoms with Gasteiger partial charge in [-0.1, -0.05) is 17.7 Å². The standard InChI is InChI=1S/C22H28ClN3O2/c1-28-21-9-8-19(15-20(21)23)25-22(27)10-7-17-5-4-13-26(16-17)14-11-18-6-2-3-12-24-18/h2-3,6,8-9,12,15,17H,4-5,7,10-11,13-14,16H2,1H3,(H,25,27). The number of anilines is 1. The van der Waals surface area contributed by atoms with Crippen molar-refractivity contribution in [1.82, 2.24) is 9.88 Å². The lowest BCUT2D eigenvalue weighted by Crippen LogP contribution is -2.37. The highest BCUT2D eigenvalue weighted by Crippen LogP contribution is 2.27. The van der Waals surface area contributed by atoms with Crippen LogP contribution in [-0.2, 0) is 11.2 Å². The Morgan fingerprint density at radius 2 is 2.25 bits per heavy atom. The van der Waals surface area contributed by atoms with Gasteiger partial charge >= 0.3 is 0 Å². The van der Waals surface area contributed by atoms with Crippen molar-refractivity contribution in [2.75, 3.05) is 32.1 Å². The number of hydrogen-bond acceptors (Lipinski definition) is 4. The van der Waals surface area contributed by atoms with Crippen molar-refractivity contribution in [1.29, 1.82) is 0 Å². The topological polar surface area (TPSA) is 54.5 Å². The zero-order chi connectivity index (χ0) is 19.8. The molecule has 3 rings (SSSR count). The number of nitrogens with one attached hydrogen (secondary N) is 1. The molecule has 0 saturated carbocycles. The van der Waals surface area contributed by atoms with E-state index in [2.05, 4.69) is 21.3 Å². The van der Waals surface area contributed by atoms with E-state index in [1.807, 2.05) is 24.4 Å². The molecule has 6 heteroatoms. The van der Waals surface area contributed by atoms with Gasteiger partial charge in [0.15, 0.2) is 0 Å². The number of halogens is 1. The zero-order valence-electron chi connectivity index (χ0n) is 16.4. The number of carbonyl (C=O) groups is 1. The number of ether oxygens (including phenoxy) is 1. The van der Waals surface area contributed by atoms with Crippen molar-refractivity contribution in [3.05, 3.63) is 53.3 Å². The molecule has 5 nitrogen and oxygen atoms in total. The first-order chi connectivity index (χ1) is 13.6. The van der Waals surface area contributed by atoms with E-state index < -0.39 is 0 Å². The molecular formula is C22H28ClN3O2. The largest absolute Gasteiger partial charge is 0.495 e. The van der Waals surface area contributed by atoms with Gasteiger partial charge in [0.05, 0.1) is 12.1 Å². The Labute approximate surface area is 172 Å². The number of carbonyl (C=O) groups excluding carboxylic acids is 1. The van der Waals surface area contributed by atoms with Gasteiger partial charge in [-0.3, -0.25) is 9.78 Å². The molecule has 1 aliphatic rings. The second-order valence-corrected chi connectivity index (χ2v) is 7.72. The van der Waals surface area contributed by atoms with Gasteiger partial charge in [0.2, 0.25) is 5.91 Å². The molecule has 1 unspecified atom stereocenters. The van der Waals surface area contributed by atoms with Crippen LogP contribution in [0.4, 0.5) is 5.69 Å². The third-order valence-electron chi connectivity index (χ3n) is 5.23. The van der Waals surface area contributed by atoms with Crippen LogP contribution in [0.15, 0.2) is 42.6 Å². The number of methoxy groups -OCH3 is 1. The summed E-state index contributed by atoms with van der Waals surface area (Å²) in [6, 6.07) is 11.4. The maximum Gasteiger partial charge on any atom is 0.224 e. The lowest BCUT2D eigenvalue weighted by molar-refractivity contribution is -0.116. The highest BCUT2D eigenvalue weighted by atomic mass is 35.5. The predicted molar refractivity (Wildman–Crippen MR) is 113 cm³/mol. The highest BCUT2D eigenvalue weighted by molar-refractivity contribution is 6.32. The number of benzene rings is 1. The number of piperidine rings is 1. The lowest BCUT2D eigenvalue weighted by atomic mass is 9.93. The fourth-order valence-corrected chi connectivity index (χ4v) is 3.97. The van der Waals surface area contributed by atoms with E-state index in [0.29, 0.717) is 28.8 Å². The Morgan fingerprint density at radius 3 is 3.00 bits per heavy atom. The molecule has 1 fully saturated rings. The first kappa shape index (κ1) is 20.6. The highest BCUT2D eigenvalue weighted by Gasteiger charge is 2.20. The fourth-order valence-electron chi connectivity index (χ4n) is 3.71. The Kier molecular flexibility index (Phi) is 7.69. The number of amides is 1. The summed E-state index contributed by atoms with van der Waals surface area (Å²) >= 11 is 6.12. The lowest BCUT2D eigenvalue weighted by Gasteiger charge is -2.32. The summed E-state index contributed by atoms with van der Waals surface area (Å²) < 4.78 is 5.14. The Balaban J connectivity index is 1.41. The van der Waals surface area contributed by atoms with E-state index >= 15 is 0 Å². The van der Waals surface area contributed by atoms with Crippen LogP contribution in [0.5, 0.6) is 5.75 Å². The van der Waals surface area contributed by atoms with Crippen LogP contribution in [0.25, 0.3) is 0 Å². The molecule has 2 heterocycles. The van der Waals surface area contributed by atoms with Gasteiger partial charge in [0.1, 0.15) is 5.75 Å². The van der Waals surface area contributed by atoms with E-state index in [1.165, 1.54) is 12.8 Å². The molecular weight excluding hydrogens is 374 g/mol. The smallest absolute Gasteiger partial charge is 0.224 e. The number of rotatable bonds is 8. The summed E-state index contributed by atoms with van der Waals surface area (Å²) in [5.41, 5.74) is 1.85. The van der Waals surface area contributed by atoms with Gasteiger partial charge in [-0.05, 0) is 62.1 Å². The van der Waals surface area contributed by atoms with Crippen LogP contribution in [0.1, 0.15) is 31.4 Å². The maximum atomic E-state index is 12.3. The van der Waals surface area contributed by atoms with Crippen molar-refractivity contribution >= 4 is 23.2 Å². The molecule has 1 aliphatic heterocycles. The zero-order valence-corrected chi connectivity index (χ0v) is 17.1. The molecule has 28 heavy (non-hydrogen) atoms. The molecule has 0 bridgehead atoms. The first-order valence-corrected chi connectivity index (χ1v) is 10.3. The second-order valence-electron chi connectivity index (χ2n) is 7.32. The molecule has 0 radical (unpaired) electrons. The molecule has 2 aromatic rings. The molecule has 1 aromatic carbocycles. The summed E-state index contributed by atoms with van der Waals surface area (Å²) in [6.45, 7) is 3.23. The third kappa shape index (κ3) is 6.21. The number of nitrogens with zero attached hydrogens (tertiary/aromatic N) is 2. The average molecular weight is 402 g/mol.